The Balaban J connectivity index is 2.13. The third-order valence-corrected chi connectivity index (χ3v) is 2.46. The zero-order chi connectivity index (χ0) is 11.7. The highest BCUT2D eigenvalue weighted by molar-refractivity contribution is 6.32. The van der Waals surface area contributed by atoms with Gasteiger partial charge in [0, 0.05) is 12.4 Å². The Morgan fingerprint density at radius 2 is 2.24 bits per heavy atom. The van der Waals surface area contributed by atoms with Crippen molar-refractivity contribution in [1.82, 2.24) is 19.7 Å². The van der Waals surface area contributed by atoms with Crippen molar-refractivity contribution in [2.75, 3.05) is 0 Å². The molecule has 0 aliphatic carbocycles. The van der Waals surface area contributed by atoms with Gasteiger partial charge in [0.25, 0.3) is 0 Å². The molecule has 5 nitrogen and oxygen atoms in total. The normalized spacial score (nSPS) is 10.6. The van der Waals surface area contributed by atoms with E-state index in [-0.39, 0.29) is 0 Å². The van der Waals surface area contributed by atoms with Crippen LogP contribution >= 0.6 is 11.6 Å². The van der Waals surface area contributed by atoms with Crippen LogP contribution in [0, 0.1) is 0 Å². The molecule has 6 heteroatoms. The van der Waals surface area contributed by atoms with Crippen LogP contribution in [0.3, 0.4) is 0 Å². The van der Waals surface area contributed by atoms with Gasteiger partial charge in [0.05, 0.1) is 12.5 Å². The van der Waals surface area contributed by atoms with Crippen molar-refractivity contribution in [3.05, 3.63) is 48.1 Å². The molecule has 0 aliphatic heterocycles. The van der Waals surface area contributed by atoms with Gasteiger partial charge in [-0.2, -0.15) is 5.10 Å². The molecule has 3 aromatic heterocycles. The molecule has 0 saturated carbocycles. The van der Waals surface area contributed by atoms with E-state index in [9.17, 15) is 0 Å². The van der Waals surface area contributed by atoms with E-state index in [1.54, 1.807) is 41.5 Å². The second kappa shape index (κ2) is 4.03. The molecule has 0 fully saturated rings. The quantitative estimate of drug-likeness (QED) is 0.697. The molecule has 0 atom stereocenters. The number of hydrogen-bond donors (Lipinski definition) is 0. The highest BCUT2D eigenvalue weighted by Gasteiger charge is 2.10. The molecule has 0 amide bonds. The molecule has 0 bridgehead atoms. The fraction of sp³-hybridized carbons (Fsp3) is 0. The Morgan fingerprint density at radius 3 is 2.94 bits per heavy atom. The lowest BCUT2D eigenvalue weighted by Gasteiger charge is -2.04. The summed E-state index contributed by atoms with van der Waals surface area (Å²) in [6.45, 7) is 0. The van der Waals surface area contributed by atoms with E-state index in [1.807, 2.05) is 0 Å². The Hall–Kier alpha value is -2.14. The van der Waals surface area contributed by atoms with Gasteiger partial charge < -0.3 is 4.42 Å². The zero-order valence-electron chi connectivity index (χ0n) is 8.62. The highest BCUT2D eigenvalue weighted by Crippen LogP contribution is 2.21. The summed E-state index contributed by atoms with van der Waals surface area (Å²) in [5, 5.41) is 4.52. The molecule has 3 rings (SSSR count). The number of nitrogens with zero attached hydrogens (tertiary/aromatic N) is 4. The standard InChI is InChI=1S/C11H7ClN4O/c12-8-7-13-10(9-3-1-6-17-9)15-11(8)16-5-2-4-14-16/h1-7H. The van der Waals surface area contributed by atoms with Crippen molar-refractivity contribution in [2.45, 2.75) is 0 Å². The van der Waals surface area contributed by atoms with Crippen LogP contribution in [0.5, 0.6) is 0 Å². The second-order valence-corrected chi connectivity index (χ2v) is 3.70. The minimum atomic E-state index is 0.434. The molecule has 0 radical (unpaired) electrons. The number of halogens is 1. The average molecular weight is 247 g/mol. The minimum Gasteiger partial charge on any atom is -0.461 e. The third-order valence-electron chi connectivity index (χ3n) is 2.19. The maximum absolute atomic E-state index is 6.03. The fourth-order valence-electron chi connectivity index (χ4n) is 1.44. The molecule has 84 valence electrons. The van der Waals surface area contributed by atoms with Crippen LogP contribution in [0.4, 0.5) is 0 Å². The Morgan fingerprint density at radius 1 is 1.29 bits per heavy atom. The van der Waals surface area contributed by atoms with Crippen molar-refractivity contribution in [1.29, 1.82) is 0 Å². The number of furan rings is 1. The van der Waals surface area contributed by atoms with E-state index in [2.05, 4.69) is 15.1 Å². The summed E-state index contributed by atoms with van der Waals surface area (Å²) < 4.78 is 6.81. The van der Waals surface area contributed by atoms with Gasteiger partial charge in [0.2, 0.25) is 0 Å². The van der Waals surface area contributed by atoms with Crippen LogP contribution in [0.2, 0.25) is 5.02 Å². The maximum atomic E-state index is 6.03. The van der Waals surface area contributed by atoms with Crippen molar-refractivity contribution < 1.29 is 4.42 Å². The number of hydrogen-bond acceptors (Lipinski definition) is 4. The predicted molar refractivity (Wildman–Crippen MR) is 61.9 cm³/mol. The first-order valence-corrected chi connectivity index (χ1v) is 5.29. The third kappa shape index (κ3) is 1.81. The van der Waals surface area contributed by atoms with Crippen LogP contribution in [0.25, 0.3) is 17.4 Å². The zero-order valence-corrected chi connectivity index (χ0v) is 9.37. The molecular weight excluding hydrogens is 240 g/mol. The monoisotopic (exact) mass is 246 g/mol. The largest absolute Gasteiger partial charge is 0.461 e. The van der Waals surface area contributed by atoms with Crippen LogP contribution < -0.4 is 0 Å². The molecule has 0 aromatic carbocycles. The van der Waals surface area contributed by atoms with E-state index in [1.165, 1.54) is 6.20 Å². The van der Waals surface area contributed by atoms with Crippen LogP contribution in [-0.4, -0.2) is 19.7 Å². The molecule has 17 heavy (non-hydrogen) atoms. The van der Waals surface area contributed by atoms with Gasteiger partial charge in [-0.25, -0.2) is 14.6 Å². The van der Waals surface area contributed by atoms with Crippen LogP contribution in [0.15, 0.2) is 47.5 Å². The van der Waals surface area contributed by atoms with Gasteiger partial charge in [0.15, 0.2) is 17.4 Å². The number of aromatic nitrogens is 4. The van der Waals surface area contributed by atoms with E-state index >= 15 is 0 Å². The maximum Gasteiger partial charge on any atom is 0.197 e. The lowest BCUT2D eigenvalue weighted by molar-refractivity contribution is 0.576. The first-order valence-electron chi connectivity index (χ1n) is 4.91. The smallest absolute Gasteiger partial charge is 0.197 e. The van der Waals surface area contributed by atoms with Gasteiger partial charge in [-0.1, -0.05) is 11.6 Å². The van der Waals surface area contributed by atoms with Gasteiger partial charge >= 0.3 is 0 Å². The van der Waals surface area contributed by atoms with Crippen molar-refractivity contribution in [3.8, 4) is 17.4 Å². The summed E-state index contributed by atoms with van der Waals surface area (Å²) in [4.78, 5) is 8.43. The summed E-state index contributed by atoms with van der Waals surface area (Å²) in [5.74, 6) is 1.60. The Kier molecular flexibility index (Phi) is 2.38. The molecule has 3 aromatic rings. The van der Waals surface area contributed by atoms with Crippen molar-refractivity contribution >= 4 is 11.6 Å². The predicted octanol–water partition coefficient (Wildman–Crippen LogP) is 2.58. The SMILES string of the molecule is Clc1cnc(-c2ccco2)nc1-n1cccn1. The van der Waals surface area contributed by atoms with Gasteiger partial charge in [-0.15, -0.1) is 0 Å². The molecule has 3 heterocycles. The lowest BCUT2D eigenvalue weighted by Crippen LogP contribution is -2.01. The number of rotatable bonds is 2. The molecule has 0 N–H and O–H groups in total. The average Bonchev–Trinajstić information content (AvgIpc) is 3.03. The van der Waals surface area contributed by atoms with E-state index in [0.29, 0.717) is 22.4 Å². The topological polar surface area (TPSA) is 56.7 Å². The molecule has 0 aliphatic rings. The van der Waals surface area contributed by atoms with E-state index < -0.39 is 0 Å². The highest BCUT2D eigenvalue weighted by atomic mass is 35.5. The van der Waals surface area contributed by atoms with Crippen molar-refractivity contribution in [2.24, 2.45) is 0 Å². The van der Waals surface area contributed by atoms with Crippen molar-refractivity contribution in [3.63, 3.8) is 0 Å². The summed E-state index contributed by atoms with van der Waals surface area (Å²) in [6.07, 6.45) is 6.52. The first-order chi connectivity index (χ1) is 8.34. The van der Waals surface area contributed by atoms with E-state index in [0.717, 1.165) is 0 Å². The van der Waals surface area contributed by atoms with Crippen LogP contribution in [0.1, 0.15) is 0 Å². The first kappa shape index (κ1) is 10.0. The summed E-state index contributed by atoms with van der Waals surface area (Å²) in [5.41, 5.74) is 0. The Labute approximate surface area is 102 Å². The fourth-order valence-corrected chi connectivity index (χ4v) is 1.62. The second-order valence-electron chi connectivity index (χ2n) is 3.29. The lowest BCUT2D eigenvalue weighted by atomic mass is 10.4. The summed E-state index contributed by atoms with van der Waals surface area (Å²) >= 11 is 6.03. The minimum absolute atomic E-state index is 0.434. The molecular formula is C11H7ClN4O. The molecule has 0 unspecified atom stereocenters. The molecule has 0 spiro atoms. The van der Waals surface area contributed by atoms with Gasteiger partial charge in [-0.3, -0.25) is 0 Å². The van der Waals surface area contributed by atoms with Gasteiger partial charge in [-0.05, 0) is 18.2 Å². The summed E-state index contributed by atoms with van der Waals surface area (Å²) in [7, 11) is 0. The summed E-state index contributed by atoms with van der Waals surface area (Å²) in [6, 6.07) is 5.36. The van der Waals surface area contributed by atoms with E-state index in [4.69, 9.17) is 16.0 Å². The molecule has 0 saturated heterocycles. The van der Waals surface area contributed by atoms with Gasteiger partial charge in [0.1, 0.15) is 5.02 Å². The Bertz CT molecular complexity index is 619. The van der Waals surface area contributed by atoms with Crippen LogP contribution in [-0.2, 0) is 0 Å².